The van der Waals surface area contributed by atoms with Gasteiger partial charge in [-0.05, 0) is 6.07 Å². The van der Waals surface area contributed by atoms with Crippen LogP contribution >= 0.6 is 11.3 Å². The molecule has 4 aromatic heterocycles. The molecule has 0 atom stereocenters. The van der Waals surface area contributed by atoms with Crippen LogP contribution in [-0.4, -0.2) is 40.3 Å². The average Bonchev–Trinajstić information content (AvgIpc) is 3.41. The van der Waals surface area contributed by atoms with Gasteiger partial charge in [-0.15, -0.1) is 11.3 Å². The third-order valence-corrected chi connectivity index (χ3v) is 5.71. The minimum absolute atomic E-state index is 0.0717. The summed E-state index contributed by atoms with van der Waals surface area (Å²) in [7, 11) is 1.83. The summed E-state index contributed by atoms with van der Waals surface area (Å²) in [5.41, 5.74) is 1.94. The number of hydrogen-bond donors (Lipinski definition) is 1. The van der Waals surface area contributed by atoms with Crippen LogP contribution in [-0.2, 0) is 24.9 Å². The van der Waals surface area contributed by atoms with Gasteiger partial charge in [0.2, 0.25) is 5.91 Å². The van der Waals surface area contributed by atoms with Gasteiger partial charge in [-0.1, -0.05) is 6.08 Å². The molecule has 1 amide bonds. The number of hydrogen-bond acceptors (Lipinski definition) is 6. The zero-order valence-electron chi connectivity index (χ0n) is 14.4. The van der Waals surface area contributed by atoms with Crippen LogP contribution in [0, 0.1) is 0 Å². The summed E-state index contributed by atoms with van der Waals surface area (Å²) in [6.07, 6.45) is 7.42. The van der Waals surface area contributed by atoms with Crippen LogP contribution in [0.2, 0.25) is 0 Å². The lowest BCUT2D eigenvalue weighted by Crippen LogP contribution is -2.24. The molecule has 1 aliphatic rings. The molecule has 0 bridgehead atoms. The van der Waals surface area contributed by atoms with E-state index in [1.54, 1.807) is 28.1 Å². The van der Waals surface area contributed by atoms with Gasteiger partial charge < -0.3 is 9.47 Å². The first kappa shape index (κ1) is 15.9. The maximum absolute atomic E-state index is 12.9. The third kappa shape index (κ3) is 2.48. The van der Waals surface area contributed by atoms with Gasteiger partial charge in [-0.2, -0.15) is 10.2 Å². The van der Waals surface area contributed by atoms with E-state index in [9.17, 15) is 9.59 Å². The summed E-state index contributed by atoms with van der Waals surface area (Å²) in [5, 5.41) is 12.7. The summed E-state index contributed by atoms with van der Waals surface area (Å²) >= 11 is 1.49. The highest BCUT2D eigenvalue weighted by molar-refractivity contribution is 7.19. The van der Waals surface area contributed by atoms with Crippen molar-refractivity contribution in [2.24, 2.45) is 7.05 Å². The number of carbonyl (C=O) groups is 1. The molecule has 9 nitrogen and oxygen atoms in total. The Morgan fingerprint density at radius 3 is 2.93 bits per heavy atom. The zero-order valence-corrected chi connectivity index (χ0v) is 15.2. The second kappa shape index (κ2) is 5.88. The highest BCUT2D eigenvalue weighted by Crippen LogP contribution is 2.31. The highest BCUT2D eigenvalue weighted by atomic mass is 32.1. The first-order valence-corrected chi connectivity index (χ1v) is 9.22. The minimum Gasteiger partial charge on any atom is -0.323 e. The van der Waals surface area contributed by atoms with Crippen LogP contribution in [0.15, 0.2) is 35.5 Å². The summed E-state index contributed by atoms with van der Waals surface area (Å²) in [4.78, 5) is 31.0. The molecule has 0 radical (unpaired) electrons. The lowest BCUT2D eigenvalue weighted by Gasteiger charge is -2.10. The number of aryl methyl sites for hydroxylation is 1. The monoisotopic (exact) mass is 381 g/mol. The number of nitrogens with zero attached hydrogens (tertiary/aromatic N) is 6. The van der Waals surface area contributed by atoms with E-state index in [0.717, 1.165) is 26.4 Å². The van der Waals surface area contributed by atoms with E-state index in [2.05, 4.69) is 20.3 Å². The molecule has 0 aliphatic carbocycles. The SMILES string of the molecule is Cn1c2nc(CN3C=CCC3=O)sc2c2cnn(Cc3ccn[nH]3)c(=O)c21. The third-order valence-electron chi connectivity index (χ3n) is 4.65. The fourth-order valence-corrected chi connectivity index (χ4v) is 4.42. The van der Waals surface area contributed by atoms with Gasteiger partial charge in [-0.3, -0.25) is 14.7 Å². The van der Waals surface area contributed by atoms with E-state index in [0.29, 0.717) is 25.0 Å². The number of rotatable bonds is 4. The lowest BCUT2D eigenvalue weighted by molar-refractivity contribution is -0.127. The van der Waals surface area contributed by atoms with E-state index in [1.807, 2.05) is 19.2 Å². The number of amides is 1. The van der Waals surface area contributed by atoms with Gasteiger partial charge in [0.1, 0.15) is 10.5 Å². The predicted molar refractivity (Wildman–Crippen MR) is 100 cm³/mol. The number of fused-ring (bicyclic) bond motifs is 3. The summed E-state index contributed by atoms with van der Waals surface area (Å²) in [5.74, 6) is 0.0717. The number of carbonyl (C=O) groups excluding carboxylic acids is 1. The minimum atomic E-state index is -0.172. The predicted octanol–water partition coefficient (Wildman–Crippen LogP) is 1.36. The van der Waals surface area contributed by atoms with Gasteiger partial charge in [0.05, 0.1) is 29.7 Å². The number of thiazole rings is 1. The molecule has 0 aromatic carbocycles. The molecule has 10 heteroatoms. The Kier molecular flexibility index (Phi) is 3.47. The molecule has 5 rings (SSSR count). The largest absolute Gasteiger partial charge is 0.323 e. The molecule has 4 aromatic rings. The first-order chi connectivity index (χ1) is 13.1. The molecule has 0 saturated heterocycles. The van der Waals surface area contributed by atoms with Crippen molar-refractivity contribution in [3.8, 4) is 0 Å². The van der Waals surface area contributed by atoms with Crippen molar-refractivity contribution in [2.45, 2.75) is 19.5 Å². The topological polar surface area (TPSA) is 102 Å². The van der Waals surface area contributed by atoms with Crippen molar-refractivity contribution in [1.29, 1.82) is 0 Å². The number of aromatic nitrogens is 6. The van der Waals surface area contributed by atoms with Gasteiger partial charge in [-0.25, -0.2) is 9.67 Å². The molecular formula is C17H15N7O2S. The van der Waals surface area contributed by atoms with E-state index >= 15 is 0 Å². The van der Waals surface area contributed by atoms with Gasteiger partial charge in [0, 0.05) is 31.3 Å². The Morgan fingerprint density at radius 1 is 1.30 bits per heavy atom. The molecule has 1 N–H and O–H groups in total. The van der Waals surface area contributed by atoms with Crippen molar-refractivity contribution >= 4 is 38.5 Å². The Bertz CT molecular complexity index is 1260. The van der Waals surface area contributed by atoms with Crippen LogP contribution in [0.1, 0.15) is 17.1 Å². The Morgan fingerprint density at radius 2 is 2.19 bits per heavy atom. The molecule has 1 aliphatic heterocycles. The molecule has 0 unspecified atom stereocenters. The van der Waals surface area contributed by atoms with Crippen LogP contribution in [0.5, 0.6) is 0 Å². The maximum atomic E-state index is 12.9. The molecule has 0 fully saturated rings. The van der Waals surface area contributed by atoms with Crippen molar-refractivity contribution in [2.75, 3.05) is 0 Å². The van der Waals surface area contributed by atoms with E-state index in [4.69, 9.17) is 0 Å². The molecule has 27 heavy (non-hydrogen) atoms. The highest BCUT2D eigenvalue weighted by Gasteiger charge is 2.21. The number of H-pyrrole nitrogens is 1. The second-order valence-electron chi connectivity index (χ2n) is 6.38. The molecule has 0 saturated carbocycles. The smallest absolute Gasteiger partial charge is 0.291 e. The van der Waals surface area contributed by atoms with Crippen LogP contribution in [0.25, 0.3) is 21.3 Å². The molecular weight excluding hydrogens is 366 g/mol. The molecule has 5 heterocycles. The van der Waals surface area contributed by atoms with E-state index in [-0.39, 0.29) is 11.5 Å². The van der Waals surface area contributed by atoms with Crippen LogP contribution in [0.4, 0.5) is 0 Å². The van der Waals surface area contributed by atoms with Crippen molar-refractivity contribution in [3.05, 3.63) is 51.8 Å². The maximum Gasteiger partial charge on any atom is 0.291 e. The number of aromatic amines is 1. The average molecular weight is 381 g/mol. The van der Waals surface area contributed by atoms with Crippen LogP contribution < -0.4 is 5.56 Å². The van der Waals surface area contributed by atoms with Gasteiger partial charge in [0.15, 0.2) is 5.65 Å². The van der Waals surface area contributed by atoms with Crippen molar-refractivity contribution in [3.63, 3.8) is 0 Å². The summed E-state index contributed by atoms with van der Waals surface area (Å²) in [6, 6.07) is 1.81. The normalized spacial score (nSPS) is 14.3. The van der Waals surface area contributed by atoms with Crippen LogP contribution in [0.3, 0.4) is 0 Å². The standard InChI is InChI=1S/C17H15N7O2S/c1-22-14-11(7-19-24(17(14)26)8-10-4-5-18-21-10)15-16(22)20-12(27-15)9-23-6-2-3-13(23)25/h2,4-7H,3,8-9H2,1H3,(H,18,21). The Hall–Kier alpha value is -3.27. The van der Waals surface area contributed by atoms with E-state index < -0.39 is 0 Å². The molecule has 136 valence electrons. The lowest BCUT2D eigenvalue weighted by atomic mass is 10.3. The Labute approximate surface area is 156 Å². The second-order valence-corrected chi connectivity index (χ2v) is 7.47. The fourth-order valence-electron chi connectivity index (χ4n) is 3.31. The summed E-state index contributed by atoms with van der Waals surface area (Å²) in [6.45, 7) is 0.774. The first-order valence-electron chi connectivity index (χ1n) is 8.40. The van der Waals surface area contributed by atoms with Gasteiger partial charge >= 0.3 is 0 Å². The summed E-state index contributed by atoms with van der Waals surface area (Å²) < 4.78 is 4.13. The quantitative estimate of drug-likeness (QED) is 0.575. The van der Waals surface area contributed by atoms with Gasteiger partial charge in [0.25, 0.3) is 5.56 Å². The van der Waals surface area contributed by atoms with E-state index in [1.165, 1.54) is 16.0 Å². The van der Waals surface area contributed by atoms with Crippen molar-refractivity contribution < 1.29 is 4.79 Å². The van der Waals surface area contributed by atoms with Crippen molar-refractivity contribution in [1.82, 2.24) is 34.4 Å². The Balaban J connectivity index is 1.58. The number of nitrogens with one attached hydrogen (secondary N) is 1. The molecule has 0 spiro atoms. The zero-order chi connectivity index (χ0) is 18.5. The fraction of sp³-hybridized carbons (Fsp3) is 0.235.